The first-order chi connectivity index (χ1) is 13.8. The second kappa shape index (κ2) is 7.34. The van der Waals surface area contributed by atoms with E-state index >= 15 is 0 Å². The maximum atomic E-state index is 13.7. The molecule has 0 saturated carbocycles. The van der Waals surface area contributed by atoms with E-state index in [0.717, 1.165) is 0 Å². The molecule has 0 fully saturated rings. The molecule has 0 spiro atoms. The third kappa shape index (κ3) is 3.50. The fourth-order valence-corrected chi connectivity index (χ4v) is 3.81. The molecule has 10 heteroatoms. The number of halogens is 2. The fraction of sp³-hybridized carbons (Fsp3) is 0.105. The Bertz CT molecular complexity index is 1200. The Hall–Kier alpha value is -3.17. The standard InChI is InChI=1S/C19H13ClFN5O2S/c20-18-13(8-10-7-11(21)5-6-14(10)23-18)17-9-15(24-25(17)19(22)29)12-3-1-2-4-16(12)26(27)28/h1-8,17H,9H2,(H2,22,29). The van der Waals surface area contributed by atoms with Gasteiger partial charge >= 0.3 is 0 Å². The third-order valence-corrected chi connectivity index (χ3v) is 5.15. The highest BCUT2D eigenvalue weighted by Gasteiger charge is 2.34. The highest BCUT2D eigenvalue weighted by molar-refractivity contribution is 7.80. The minimum Gasteiger partial charge on any atom is -0.375 e. The van der Waals surface area contributed by atoms with Crippen LogP contribution >= 0.6 is 23.8 Å². The summed E-state index contributed by atoms with van der Waals surface area (Å²) in [5, 5.41) is 17.9. The highest BCUT2D eigenvalue weighted by atomic mass is 35.5. The normalized spacial score (nSPS) is 16.1. The number of nitrogens with two attached hydrogens (primary N) is 1. The van der Waals surface area contributed by atoms with Gasteiger partial charge in [-0.15, -0.1) is 0 Å². The fourth-order valence-electron chi connectivity index (χ4n) is 3.37. The molecule has 1 unspecified atom stereocenters. The van der Waals surface area contributed by atoms with Crippen LogP contribution in [0, 0.1) is 15.9 Å². The zero-order valence-electron chi connectivity index (χ0n) is 14.8. The summed E-state index contributed by atoms with van der Waals surface area (Å²) in [7, 11) is 0. The molecule has 29 heavy (non-hydrogen) atoms. The molecule has 0 saturated heterocycles. The second-order valence-electron chi connectivity index (χ2n) is 6.43. The SMILES string of the molecule is NC(=S)N1N=C(c2ccccc2[N+](=O)[O-])CC1c1cc2cc(F)ccc2nc1Cl. The van der Waals surface area contributed by atoms with E-state index in [4.69, 9.17) is 29.6 Å². The summed E-state index contributed by atoms with van der Waals surface area (Å²) in [5.74, 6) is -0.401. The lowest BCUT2D eigenvalue weighted by atomic mass is 9.97. The van der Waals surface area contributed by atoms with Gasteiger partial charge in [0.15, 0.2) is 5.11 Å². The van der Waals surface area contributed by atoms with E-state index in [1.165, 1.54) is 29.3 Å². The van der Waals surface area contributed by atoms with Crippen LogP contribution < -0.4 is 5.73 Å². The number of nitrogens with zero attached hydrogens (tertiary/aromatic N) is 4. The molecule has 0 aliphatic carbocycles. The zero-order valence-corrected chi connectivity index (χ0v) is 16.3. The molecule has 7 nitrogen and oxygen atoms in total. The molecular weight excluding hydrogens is 417 g/mol. The van der Waals surface area contributed by atoms with E-state index in [1.807, 2.05) is 0 Å². The van der Waals surface area contributed by atoms with Gasteiger partial charge in [-0.25, -0.2) is 14.4 Å². The summed E-state index contributed by atoms with van der Waals surface area (Å²) in [6.45, 7) is 0. The molecule has 4 rings (SSSR count). The predicted molar refractivity (Wildman–Crippen MR) is 112 cm³/mol. The molecule has 2 N–H and O–H groups in total. The van der Waals surface area contributed by atoms with Gasteiger partial charge < -0.3 is 5.73 Å². The van der Waals surface area contributed by atoms with Crippen LogP contribution in [0.5, 0.6) is 0 Å². The van der Waals surface area contributed by atoms with Gasteiger partial charge in [-0.1, -0.05) is 23.7 Å². The lowest BCUT2D eigenvalue weighted by Gasteiger charge is -2.22. The van der Waals surface area contributed by atoms with Crippen molar-refractivity contribution in [3.63, 3.8) is 0 Å². The largest absolute Gasteiger partial charge is 0.375 e. The minimum absolute atomic E-state index is 0.0148. The molecule has 1 aliphatic heterocycles. The van der Waals surface area contributed by atoms with Gasteiger partial charge in [-0.2, -0.15) is 5.10 Å². The van der Waals surface area contributed by atoms with Crippen molar-refractivity contribution in [3.8, 4) is 0 Å². The Morgan fingerprint density at radius 1 is 1.31 bits per heavy atom. The van der Waals surface area contributed by atoms with E-state index in [1.54, 1.807) is 24.3 Å². The number of thiocarbonyl (C=S) groups is 1. The van der Waals surface area contributed by atoms with Crippen LogP contribution in [0.3, 0.4) is 0 Å². The summed E-state index contributed by atoms with van der Waals surface area (Å²) in [6, 6.07) is 11.7. The molecule has 2 heterocycles. The van der Waals surface area contributed by atoms with Crippen molar-refractivity contribution < 1.29 is 9.31 Å². The van der Waals surface area contributed by atoms with E-state index < -0.39 is 16.8 Å². The molecule has 1 aliphatic rings. The van der Waals surface area contributed by atoms with Crippen molar-refractivity contribution in [2.45, 2.75) is 12.5 Å². The number of pyridine rings is 1. The number of para-hydroxylation sites is 1. The van der Waals surface area contributed by atoms with Crippen LogP contribution in [0.2, 0.25) is 5.15 Å². The summed E-state index contributed by atoms with van der Waals surface area (Å²) in [6.07, 6.45) is 0.268. The topological polar surface area (TPSA) is 97.6 Å². The van der Waals surface area contributed by atoms with Gasteiger partial charge in [0, 0.05) is 23.4 Å². The zero-order chi connectivity index (χ0) is 20.7. The van der Waals surface area contributed by atoms with Crippen molar-refractivity contribution >= 4 is 51.2 Å². The van der Waals surface area contributed by atoms with Gasteiger partial charge in [-0.3, -0.25) is 10.1 Å². The summed E-state index contributed by atoms with van der Waals surface area (Å²) in [5.41, 5.74) is 7.69. The molecule has 1 aromatic heterocycles. The van der Waals surface area contributed by atoms with Crippen LogP contribution in [0.1, 0.15) is 23.6 Å². The molecule has 0 bridgehead atoms. The van der Waals surface area contributed by atoms with Crippen LogP contribution in [0.4, 0.5) is 10.1 Å². The first kappa shape index (κ1) is 19.2. The number of hydrogen-bond acceptors (Lipinski definition) is 5. The Morgan fingerprint density at radius 3 is 2.79 bits per heavy atom. The van der Waals surface area contributed by atoms with Crippen molar-refractivity contribution in [2.24, 2.45) is 10.8 Å². The van der Waals surface area contributed by atoms with E-state index in [-0.39, 0.29) is 22.4 Å². The number of benzene rings is 2. The first-order valence-electron chi connectivity index (χ1n) is 8.51. The van der Waals surface area contributed by atoms with E-state index in [9.17, 15) is 14.5 Å². The highest BCUT2D eigenvalue weighted by Crippen LogP contribution is 2.38. The van der Waals surface area contributed by atoms with Gasteiger partial charge in [0.2, 0.25) is 0 Å². The third-order valence-electron chi connectivity index (χ3n) is 4.66. The maximum Gasteiger partial charge on any atom is 0.278 e. The molecule has 0 amide bonds. The van der Waals surface area contributed by atoms with Crippen molar-refractivity contribution in [2.75, 3.05) is 0 Å². The molecule has 3 aromatic rings. The van der Waals surface area contributed by atoms with Gasteiger partial charge in [0.1, 0.15) is 11.0 Å². The number of hydrogen-bond donors (Lipinski definition) is 1. The lowest BCUT2D eigenvalue weighted by Crippen LogP contribution is -2.31. The number of hydrazone groups is 1. The van der Waals surface area contributed by atoms with Crippen LogP contribution in [0.25, 0.3) is 10.9 Å². The Labute approximate surface area is 174 Å². The molecule has 2 aromatic carbocycles. The summed E-state index contributed by atoms with van der Waals surface area (Å²) < 4.78 is 13.7. The quantitative estimate of drug-likeness (QED) is 0.288. The van der Waals surface area contributed by atoms with Gasteiger partial charge in [-0.05, 0) is 42.5 Å². The Kier molecular flexibility index (Phi) is 4.85. The monoisotopic (exact) mass is 429 g/mol. The van der Waals surface area contributed by atoms with E-state index in [2.05, 4.69) is 10.1 Å². The van der Waals surface area contributed by atoms with Gasteiger partial charge in [0.25, 0.3) is 5.69 Å². The Balaban J connectivity index is 1.80. The molecule has 146 valence electrons. The van der Waals surface area contributed by atoms with Crippen LogP contribution in [-0.4, -0.2) is 25.7 Å². The van der Waals surface area contributed by atoms with Crippen molar-refractivity contribution in [1.29, 1.82) is 0 Å². The first-order valence-corrected chi connectivity index (χ1v) is 9.29. The van der Waals surface area contributed by atoms with Crippen molar-refractivity contribution in [1.82, 2.24) is 9.99 Å². The number of nitro groups is 1. The summed E-state index contributed by atoms with van der Waals surface area (Å²) in [4.78, 5) is 15.3. The van der Waals surface area contributed by atoms with Gasteiger partial charge in [0.05, 0.1) is 27.8 Å². The van der Waals surface area contributed by atoms with Crippen LogP contribution in [0.15, 0.2) is 53.6 Å². The predicted octanol–water partition coefficient (Wildman–Crippen LogP) is 4.33. The number of aromatic nitrogens is 1. The maximum absolute atomic E-state index is 13.7. The average Bonchev–Trinajstić information content (AvgIpc) is 3.13. The number of nitro benzene ring substituents is 1. The molecule has 1 atom stereocenters. The average molecular weight is 430 g/mol. The second-order valence-corrected chi connectivity index (χ2v) is 7.21. The minimum atomic E-state index is -0.519. The lowest BCUT2D eigenvalue weighted by molar-refractivity contribution is -0.385. The van der Waals surface area contributed by atoms with E-state index in [0.29, 0.717) is 27.7 Å². The van der Waals surface area contributed by atoms with Crippen molar-refractivity contribution in [3.05, 3.63) is 80.7 Å². The number of fused-ring (bicyclic) bond motifs is 1. The number of rotatable bonds is 3. The Morgan fingerprint density at radius 2 is 2.07 bits per heavy atom. The summed E-state index contributed by atoms with van der Waals surface area (Å²) >= 11 is 11.5. The van der Waals surface area contributed by atoms with Crippen LogP contribution in [-0.2, 0) is 0 Å². The molecule has 0 radical (unpaired) electrons. The molecular formula is C19H13ClFN5O2S. The smallest absolute Gasteiger partial charge is 0.278 e.